The number of anilines is 2. The second-order valence-corrected chi connectivity index (χ2v) is 5.29. The number of amides is 2. The number of primary amides is 1. The van der Waals surface area contributed by atoms with E-state index < -0.39 is 23.0 Å². The Hall–Kier alpha value is -3.30. The maximum Gasteiger partial charge on any atom is 0.407 e. The normalized spacial score (nSPS) is 13.4. The summed E-state index contributed by atoms with van der Waals surface area (Å²) in [4.78, 5) is 34.2. The maximum absolute atomic E-state index is 11.8. The van der Waals surface area contributed by atoms with Crippen molar-refractivity contribution in [3.05, 3.63) is 40.5 Å². The van der Waals surface area contributed by atoms with Crippen LogP contribution in [-0.4, -0.2) is 36.6 Å². The number of nitrogens with two attached hydrogens (primary N) is 1. The molecule has 0 saturated carbocycles. The number of carbonyl (C=O) groups is 2. The molecular weight excluding hydrogens is 330 g/mol. The van der Waals surface area contributed by atoms with Crippen LogP contribution in [0.25, 0.3) is 0 Å². The zero-order chi connectivity index (χ0) is 18.4. The molecule has 0 spiro atoms. The molecule has 0 aromatic heterocycles. The summed E-state index contributed by atoms with van der Waals surface area (Å²) in [5.74, 6) is -0.716. The summed E-state index contributed by atoms with van der Waals surface area (Å²) < 4.78 is 4.82. The van der Waals surface area contributed by atoms with Crippen molar-refractivity contribution in [2.45, 2.75) is 12.5 Å². The number of hydrogen-bond acceptors (Lipinski definition) is 7. The van der Waals surface area contributed by atoms with E-state index in [1.165, 1.54) is 12.1 Å². The Morgan fingerprint density at radius 2 is 2.16 bits per heavy atom. The van der Waals surface area contributed by atoms with Gasteiger partial charge in [0.15, 0.2) is 0 Å². The number of alkyl carbamates (subject to hydrolysis) is 1. The number of rotatable bonds is 7. The molecule has 1 atom stereocenters. The van der Waals surface area contributed by atoms with Crippen molar-refractivity contribution >= 4 is 29.1 Å². The topological polar surface area (TPSA) is 149 Å². The molecule has 0 fully saturated rings. The molecule has 1 aromatic carbocycles. The van der Waals surface area contributed by atoms with Gasteiger partial charge in [-0.05, 0) is 12.1 Å². The van der Waals surface area contributed by atoms with Crippen molar-refractivity contribution < 1.29 is 19.2 Å². The van der Waals surface area contributed by atoms with Crippen LogP contribution in [0.4, 0.5) is 21.9 Å². The van der Waals surface area contributed by atoms with Crippen LogP contribution in [0.2, 0.25) is 0 Å². The summed E-state index contributed by atoms with van der Waals surface area (Å²) in [6.07, 6.45) is 0.236. The lowest BCUT2D eigenvalue weighted by Gasteiger charge is -2.23. The molecule has 10 nitrogen and oxygen atoms in total. The lowest BCUT2D eigenvalue weighted by Crippen LogP contribution is -2.33. The van der Waals surface area contributed by atoms with E-state index in [2.05, 4.69) is 22.5 Å². The minimum atomic E-state index is -0.996. The summed E-state index contributed by atoms with van der Waals surface area (Å²) >= 11 is 0. The first-order chi connectivity index (χ1) is 11.9. The van der Waals surface area contributed by atoms with Crippen molar-refractivity contribution in [3.63, 3.8) is 0 Å². The molecule has 25 heavy (non-hydrogen) atoms. The number of ether oxygens (including phenoxy) is 1. The van der Waals surface area contributed by atoms with E-state index in [1.807, 2.05) is 0 Å². The molecule has 5 N–H and O–H groups in total. The Bertz CT molecular complexity index is 706. The van der Waals surface area contributed by atoms with Crippen molar-refractivity contribution in [2.24, 2.45) is 5.73 Å². The summed E-state index contributed by atoms with van der Waals surface area (Å²) in [6, 6.07) is 2.14. The minimum Gasteiger partial charge on any atom is -0.445 e. The molecule has 2 amide bonds. The zero-order valence-electron chi connectivity index (χ0n) is 13.4. The van der Waals surface area contributed by atoms with Gasteiger partial charge >= 0.3 is 6.09 Å². The van der Waals surface area contributed by atoms with Gasteiger partial charge in [0.1, 0.15) is 12.3 Å². The smallest absolute Gasteiger partial charge is 0.407 e. The van der Waals surface area contributed by atoms with Crippen LogP contribution in [0.15, 0.2) is 24.8 Å². The molecule has 134 valence electrons. The quantitative estimate of drug-likeness (QED) is 0.329. The zero-order valence-corrected chi connectivity index (χ0v) is 13.4. The largest absolute Gasteiger partial charge is 0.445 e. The van der Waals surface area contributed by atoms with Gasteiger partial charge in [-0.2, -0.15) is 0 Å². The van der Waals surface area contributed by atoms with E-state index in [0.717, 1.165) is 0 Å². The third-order valence-corrected chi connectivity index (χ3v) is 3.54. The second kappa shape index (κ2) is 7.99. The van der Waals surface area contributed by atoms with Gasteiger partial charge in [-0.3, -0.25) is 14.9 Å². The fourth-order valence-electron chi connectivity index (χ4n) is 2.55. The highest BCUT2D eigenvalue weighted by Gasteiger charge is 2.31. The molecule has 1 aliphatic heterocycles. The predicted molar refractivity (Wildman–Crippen MR) is 91.3 cm³/mol. The van der Waals surface area contributed by atoms with Gasteiger partial charge in [0.2, 0.25) is 5.91 Å². The Morgan fingerprint density at radius 1 is 1.44 bits per heavy atom. The Morgan fingerprint density at radius 3 is 2.80 bits per heavy atom. The van der Waals surface area contributed by atoms with E-state index in [9.17, 15) is 19.7 Å². The van der Waals surface area contributed by atoms with E-state index in [0.29, 0.717) is 24.5 Å². The molecule has 2 rings (SSSR count). The molecule has 0 radical (unpaired) electrons. The SMILES string of the molecule is C=CCOC(=O)NC(CC(N)=O)c1ccc2c(c1[N+](=O)[O-])NCCN2. The molecule has 0 aliphatic carbocycles. The fourth-order valence-corrected chi connectivity index (χ4v) is 2.55. The highest BCUT2D eigenvalue weighted by molar-refractivity contribution is 5.84. The molecule has 1 aliphatic rings. The first-order valence-electron chi connectivity index (χ1n) is 7.55. The van der Waals surface area contributed by atoms with Gasteiger partial charge in [0, 0.05) is 13.1 Å². The van der Waals surface area contributed by atoms with Crippen LogP contribution in [0.3, 0.4) is 0 Å². The van der Waals surface area contributed by atoms with Gasteiger partial charge in [-0.15, -0.1) is 0 Å². The van der Waals surface area contributed by atoms with Crippen molar-refractivity contribution in [1.82, 2.24) is 5.32 Å². The molecule has 1 aromatic rings. The van der Waals surface area contributed by atoms with Crippen LogP contribution in [-0.2, 0) is 9.53 Å². The monoisotopic (exact) mass is 349 g/mol. The van der Waals surface area contributed by atoms with Gasteiger partial charge in [0.05, 0.1) is 28.6 Å². The van der Waals surface area contributed by atoms with Crippen LogP contribution in [0.5, 0.6) is 0 Å². The van der Waals surface area contributed by atoms with Crippen LogP contribution < -0.4 is 21.7 Å². The fraction of sp³-hybridized carbons (Fsp3) is 0.333. The van der Waals surface area contributed by atoms with Gasteiger partial charge in [-0.25, -0.2) is 4.79 Å². The average Bonchev–Trinajstić information content (AvgIpc) is 2.57. The number of nitro benzene ring substituents is 1. The summed E-state index contributed by atoms with van der Waals surface area (Å²) in [5, 5.41) is 20.1. The van der Waals surface area contributed by atoms with Crippen molar-refractivity contribution in [2.75, 3.05) is 30.3 Å². The molecule has 1 heterocycles. The Kier molecular flexibility index (Phi) is 5.77. The van der Waals surface area contributed by atoms with E-state index >= 15 is 0 Å². The Labute approximate surface area is 143 Å². The number of nitrogens with zero attached hydrogens (tertiary/aromatic N) is 1. The molecule has 10 heteroatoms. The number of carbonyl (C=O) groups excluding carboxylic acids is 2. The van der Waals surface area contributed by atoms with Gasteiger partial charge < -0.3 is 26.4 Å². The number of nitro groups is 1. The highest BCUT2D eigenvalue weighted by Crippen LogP contribution is 2.40. The van der Waals surface area contributed by atoms with Crippen LogP contribution >= 0.6 is 0 Å². The second-order valence-electron chi connectivity index (χ2n) is 5.29. The predicted octanol–water partition coefficient (Wildman–Crippen LogP) is 1.26. The van der Waals surface area contributed by atoms with Gasteiger partial charge in [0.25, 0.3) is 5.69 Å². The van der Waals surface area contributed by atoms with E-state index in [1.54, 1.807) is 6.07 Å². The lowest BCUT2D eigenvalue weighted by molar-refractivity contribution is -0.384. The number of nitrogens with one attached hydrogen (secondary N) is 3. The first-order valence-corrected chi connectivity index (χ1v) is 7.55. The highest BCUT2D eigenvalue weighted by atomic mass is 16.6. The summed E-state index contributed by atoms with van der Waals surface area (Å²) in [6.45, 7) is 4.52. The van der Waals surface area contributed by atoms with E-state index in [-0.39, 0.29) is 24.3 Å². The van der Waals surface area contributed by atoms with Crippen LogP contribution in [0.1, 0.15) is 18.0 Å². The Balaban J connectivity index is 2.41. The standard InChI is InChI=1S/C15H19N5O5/c1-2-7-25-15(22)19-11(8-12(16)21)9-3-4-10-13(14(9)20(23)24)18-6-5-17-10/h2-4,11,17-18H,1,5-8H2,(H2,16,21)(H,19,22). The molecular formula is C15H19N5O5. The molecule has 0 bridgehead atoms. The van der Waals surface area contributed by atoms with Crippen molar-refractivity contribution in [3.8, 4) is 0 Å². The third-order valence-electron chi connectivity index (χ3n) is 3.54. The summed E-state index contributed by atoms with van der Waals surface area (Å²) in [7, 11) is 0. The van der Waals surface area contributed by atoms with Crippen molar-refractivity contribution in [1.29, 1.82) is 0 Å². The number of fused-ring (bicyclic) bond motifs is 1. The minimum absolute atomic E-state index is 0.0348. The maximum atomic E-state index is 11.8. The van der Waals surface area contributed by atoms with E-state index in [4.69, 9.17) is 10.5 Å². The molecule has 0 saturated heterocycles. The number of benzene rings is 1. The molecule has 1 unspecified atom stereocenters. The number of hydrogen-bond donors (Lipinski definition) is 4. The van der Waals surface area contributed by atoms with Gasteiger partial charge in [-0.1, -0.05) is 12.7 Å². The summed E-state index contributed by atoms with van der Waals surface area (Å²) in [5.41, 5.74) is 6.05. The average molecular weight is 349 g/mol. The lowest BCUT2D eigenvalue weighted by atomic mass is 9.98. The first kappa shape index (κ1) is 18.0. The third kappa shape index (κ3) is 4.37. The van der Waals surface area contributed by atoms with Crippen LogP contribution in [0, 0.1) is 10.1 Å².